The highest BCUT2D eigenvalue weighted by Crippen LogP contribution is 2.26. The fourth-order valence-corrected chi connectivity index (χ4v) is 3.92. The van der Waals surface area contributed by atoms with E-state index in [2.05, 4.69) is 26.3 Å². The number of amides is 1. The zero-order valence-corrected chi connectivity index (χ0v) is 15.6. The molecule has 1 amide bonds. The number of nitrogens with zero attached hydrogens (tertiary/aromatic N) is 2. The number of aromatic amines is 1. The molecule has 7 heteroatoms. The fraction of sp³-hybridized carbons (Fsp3) is 0.200. The molecular formula is C20H18N4O2S. The van der Waals surface area contributed by atoms with Crippen LogP contribution in [0.1, 0.15) is 24.2 Å². The average Bonchev–Trinajstić information content (AvgIpc) is 3.03. The number of thiazole rings is 1. The van der Waals surface area contributed by atoms with Crippen LogP contribution < -0.4 is 10.9 Å². The van der Waals surface area contributed by atoms with Gasteiger partial charge < -0.3 is 10.3 Å². The predicted octanol–water partition coefficient (Wildman–Crippen LogP) is 3.80. The molecule has 0 saturated carbocycles. The Morgan fingerprint density at radius 2 is 2.00 bits per heavy atom. The van der Waals surface area contributed by atoms with Gasteiger partial charge in [0.1, 0.15) is 5.82 Å². The van der Waals surface area contributed by atoms with E-state index in [1.165, 1.54) is 16.9 Å². The molecule has 2 heterocycles. The summed E-state index contributed by atoms with van der Waals surface area (Å²) in [4.78, 5) is 35.9. The van der Waals surface area contributed by atoms with E-state index >= 15 is 0 Å². The van der Waals surface area contributed by atoms with Crippen molar-refractivity contribution in [1.82, 2.24) is 15.0 Å². The molecule has 0 aliphatic rings. The van der Waals surface area contributed by atoms with Gasteiger partial charge in [-0.1, -0.05) is 29.5 Å². The van der Waals surface area contributed by atoms with E-state index in [4.69, 9.17) is 0 Å². The molecule has 0 atom stereocenters. The summed E-state index contributed by atoms with van der Waals surface area (Å²) in [6, 6.07) is 13.2. The van der Waals surface area contributed by atoms with E-state index in [-0.39, 0.29) is 11.5 Å². The first-order valence-corrected chi connectivity index (χ1v) is 9.55. The van der Waals surface area contributed by atoms with E-state index in [0.717, 1.165) is 10.2 Å². The maximum absolute atomic E-state index is 12.2. The highest BCUT2D eigenvalue weighted by Gasteiger charge is 2.09. The van der Waals surface area contributed by atoms with Crippen molar-refractivity contribution in [3.63, 3.8) is 0 Å². The number of nitrogens with one attached hydrogen (secondary N) is 2. The molecule has 0 radical (unpaired) electrons. The second-order valence-corrected chi connectivity index (χ2v) is 7.45. The van der Waals surface area contributed by atoms with Crippen molar-refractivity contribution < 1.29 is 4.79 Å². The first kappa shape index (κ1) is 17.4. The molecule has 6 nitrogen and oxygen atoms in total. The first-order chi connectivity index (χ1) is 13.1. The van der Waals surface area contributed by atoms with Crippen LogP contribution in [0.2, 0.25) is 0 Å². The molecule has 2 aromatic carbocycles. The van der Waals surface area contributed by atoms with E-state index < -0.39 is 0 Å². The normalized spacial score (nSPS) is 11.1. The van der Waals surface area contributed by atoms with Crippen molar-refractivity contribution >= 4 is 43.5 Å². The Bertz CT molecular complexity index is 1200. The lowest BCUT2D eigenvalue weighted by Gasteiger charge is -2.03. The Balaban J connectivity index is 1.37. The minimum Gasteiger partial charge on any atom is -0.310 e. The Morgan fingerprint density at radius 1 is 1.15 bits per heavy atom. The monoisotopic (exact) mass is 378 g/mol. The molecule has 2 N–H and O–H groups in total. The van der Waals surface area contributed by atoms with Crippen LogP contribution in [0, 0.1) is 6.92 Å². The molecule has 0 aliphatic carbocycles. The van der Waals surface area contributed by atoms with Crippen LogP contribution in [0.3, 0.4) is 0 Å². The Hall–Kier alpha value is -3.06. The zero-order valence-electron chi connectivity index (χ0n) is 14.8. The topological polar surface area (TPSA) is 87.7 Å². The standard InChI is InChI=1S/C20H18N4O2S/c1-12-9-10-15-16(11-12)27-20(22-15)24-18(25)8-4-7-17-21-14-6-3-2-5-13(14)19(26)23-17/h2-3,5-6,9-11H,4,7-8H2,1H3,(H,21,23,26)(H,22,24,25). The molecular weight excluding hydrogens is 360 g/mol. The molecule has 0 unspecified atom stereocenters. The van der Waals surface area contributed by atoms with Gasteiger partial charge in [-0.3, -0.25) is 9.59 Å². The summed E-state index contributed by atoms with van der Waals surface area (Å²) in [5.41, 5.74) is 2.58. The maximum Gasteiger partial charge on any atom is 0.258 e. The van der Waals surface area contributed by atoms with Gasteiger partial charge >= 0.3 is 0 Å². The SMILES string of the molecule is Cc1ccc2nc(NC(=O)CCCc3nc4ccccc4c(=O)[nH]3)sc2c1. The van der Waals surface area contributed by atoms with Crippen LogP contribution in [0.15, 0.2) is 47.3 Å². The average molecular weight is 378 g/mol. The highest BCUT2D eigenvalue weighted by molar-refractivity contribution is 7.22. The number of hydrogen-bond donors (Lipinski definition) is 2. The summed E-state index contributed by atoms with van der Waals surface area (Å²) in [6.07, 6.45) is 1.47. The van der Waals surface area contributed by atoms with Gasteiger partial charge in [0, 0.05) is 12.8 Å². The second-order valence-electron chi connectivity index (χ2n) is 6.42. The smallest absolute Gasteiger partial charge is 0.258 e. The third kappa shape index (κ3) is 3.88. The van der Waals surface area contributed by atoms with Gasteiger partial charge in [0.15, 0.2) is 5.13 Å². The summed E-state index contributed by atoms with van der Waals surface area (Å²) in [5, 5.41) is 4.04. The molecule has 27 heavy (non-hydrogen) atoms. The van der Waals surface area contributed by atoms with Crippen molar-refractivity contribution in [2.75, 3.05) is 5.32 Å². The van der Waals surface area contributed by atoms with Crippen molar-refractivity contribution in [2.24, 2.45) is 0 Å². The summed E-state index contributed by atoms with van der Waals surface area (Å²) >= 11 is 1.47. The number of para-hydroxylation sites is 1. The summed E-state index contributed by atoms with van der Waals surface area (Å²) in [7, 11) is 0. The summed E-state index contributed by atoms with van der Waals surface area (Å²) in [5.74, 6) is 0.510. The third-order valence-corrected chi connectivity index (χ3v) is 5.20. The number of benzene rings is 2. The van der Waals surface area contributed by atoms with E-state index in [1.54, 1.807) is 6.07 Å². The zero-order chi connectivity index (χ0) is 18.8. The minimum atomic E-state index is -0.148. The molecule has 4 aromatic rings. The van der Waals surface area contributed by atoms with Crippen LogP contribution in [0.5, 0.6) is 0 Å². The van der Waals surface area contributed by atoms with Gasteiger partial charge in [-0.15, -0.1) is 0 Å². The molecule has 0 aliphatic heterocycles. The lowest BCUT2D eigenvalue weighted by Crippen LogP contribution is -2.14. The molecule has 2 aromatic heterocycles. The van der Waals surface area contributed by atoms with E-state index in [9.17, 15) is 9.59 Å². The molecule has 0 saturated heterocycles. The molecule has 0 spiro atoms. The molecule has 4 rings (SSSR count). The van der Waals surface area contributed by atoms with Crippen LogP contribution in [-0.4, -0.2) is 20.9 Å². The Kier molecular flexibility index (Phi) is 4.68. The van der Waals surface area contributed by atoms with Gasteiger partial charge in [-0.2, -0.15) is 0 Å². The van der Waals surface area contributed by atoms with E-state index in [1.807, 2.05) is 37.3 Å². The molecule has 0 bridgehead atoms. The number of aromatic nitrogens is 3. The van der Waals surface area contributed by atoms with Gasteiger partial charge in [0.25, 0.3) is 5.56 Å². The maximum atomic E-state index is 12.2. The molecule has 0 fully saturated rings. The van der Waals surface area contributed by atoms with Gasteiger partial charge in [0.2, 0.25) is 5.91 Å². The van der Waals surface area contributed by atoms with Gasteiger partial charge in [0.05, 0.1) is 21.1 Å². The number of anilines is 1. The second kappa shape index (κ2) is 7.28. The lowest BCUT2D eigenvalue weighted by atomic mass is 10.2. The third-order valence-electron chi connectivity index (χ3n) is 4.27. The Morgan fingerprint density at radius 3 is 2.89 bits per heavy atom. The van der Waals surface area contributed by atoms with Crippen molar-refractivity contribution in [2.45, 2.75) is 26.2 Å². The quantitative estimate of drug-likeness (QED) is 0.553. The number of hydrogen-bond acceptors (Lipinski definition) is 5. The lowest BCUT2D eigenvalue weighted by molar-refractivity contribution is -0.116. The van der Waals surface area contributed by atoms with Gasteiger partial charge in [-0.25, -0.2) is 9.97 Å². The summed E-state index contributed by atoms with van der Waals surface area (Å²) < 4.78 is 1.06. The van der Waals surface area contributed by atoms with E-state index in [0.29, 0.717) is 41.1 Å². The number of aryl methyl sites for hydroxylation is 2. The predicted molar refractivity (Wildman–Crippen MR) is 108 cm³/mol. The van der Waals surface area contributed by atoms with Crippen molar-refractivity contribution in [1.29, 1.82) is 0 Å². The number of H-pyrrole nitrogens is 1. The largest absolute Gasteiger partial charge is 0.310 e. The highest BCUT2D eigenvalue weighted by atomic mass is 32.1. The number of fused-ring (bicyclic) bond motifs is 2. The van der Waals surface area contributed by atoms with Crippen LogP contribution in [-0.2, 0) is 11.2 Å². The fourth-order valence-electron chi connectivity index (χ4n) is 2.94. The first-order valence-electron chi connectivity index (χ1n) is 8.73. The number of carbonyl (C=O) groups excluding carboxylic acids is 1. The van der Waals surface area contributed by atoms with Crippen LogP contribution in [0.4, 0.5) is 5.13 Å². The molecule has 136 valence electrons. The summed E-state index contributed by atoms with van der Waals surface area (Å²) in [6.45, 7) is 2.03. The van der Waals surface area contributed by atoms with Crippen molar-refractivity contribution in [3.8, 4) is 0 Å². The number of rotatable bonds is 5. The number of carbonyl (C=O) groups is 1. The van der Waals surface area contributed by atoms with Crippen LogP contribution in [0.25, 0.3) is 21.1 Å². The van der Waals surface area contributed by atoms with Crippen molar-refractivity contribution in [3.05, 3.63) is 64.2 Å². The van der Waals surface area contributed by atoms with Gasteiger partial charge in [-0.05, 0) is 43.2 Å². The minimum absolute atomic E-state index is 0.0890. The van der Waals surface area contributed by atoms with Crippen LogP contribution >= 0.6 is 11.3 Å². The Labute approximate surface area is 159 Å².